The number of benzene rings is 2. The quantitative estimate of drug-likeness (QED) is 0.782. The molecule has 0 aromatic heterocycles. The van der Waals surface area contributed by atoms with Crippen LogP contribution in [0.5, 0.6) is 11.5 Å². The van der Waals surface area contributed by atoms with Crippen LogP contribution in [0.2, 0.25) is 0 Å². The molecule has 5 rings (SSSR count). The predicted molar refractivity (Wildman–Crippen MR) is 107 cm³/mol. The highest BCUT2D eigenvalue weighted by atomic mass is 16.7. The molecule has 8 heteroatoms. The van der Waals surface area contributed by atoms with E-state index in [2.05, 4.69) is 5.32 Å². The normalized spacial score (nSPS) is 21.8. The fraction of sp³-hybridized carbons (Fsp3) is 0.318. The first kappa shape index (κ1) is 18.5. The van der Waals surface area contributed by atoms with Crippen LogP contribution in [0.1, 0.15) is 18.1 Å². The van der Waals surface area contributed by atoms with Crippen molar-refractivity contribution < 1.29 is 23.9 Å². The molecule has 0 aliphatic carbocycles. The Kier molecular flexibility index (Phi) is 4.16. The second kappa shape index (κ2) is 6.76. The molecule has 2 aromatic rings. The lowest BCUT2D eigenvalue weighted by Gasteiger charge is -2.23. The Bertz CT molecular complexity index is 1070. The van der Waals surface area contributed by atoms with E-state index in [1.54, 1.807) is 17.9 Å². The molecule has 1 atom stereocenters. The summed E-state index contributed by atoms with van der Waals surface area (Å²) in [6.45, 7) is 2.11. The standard InChI is InChI=1S/C22H21N3O5/c1-22(11-14-6-7-17-18(10-14)30-13-29-17)20(27)25(21(28)23-22)12-19(26)24-9-8-15-4-2-3-5-16(15)24/h2-7,10H,8-9,11-13H2,1H3,(H,23,28)/t22-/m1/s1. The summed E-state index contributed by atoms with van der Waals surface area (Å²) < 4.78 is 10.7. The molecule has 1 N–H and O–H groups in total. The minimum Gasteiger partial charge on any atom is -0.454 e. The lowest BCUT2D eigenvalue weighted by atomic mass is 9.92. The van der Waals surface area contributed by atoms with Gasteiger partial charge in [0.15, 0.2) is 11.5 Å². The van der Waals surface area contributed by atoms with Crippen LogP contribution in [-0.2, 0) is 22.4 Å². The number of rotatable bonds is 4. The van der Waals surface area contributed by atoms with Gasteiger partial charge in [-0.25, -0.2) is 4.79 Å². The number of hydrogen-bond acceptors (Lipinski definition) is 5. The Hall–Kier alpha value is -3.55. The van der Waals surface area contributed by atoms with E-state index in [0.29, 0.717) is 18.0 Å². The van der Waals surface area contributed by atoms with Gasteiger partial charge >= 0.3 is 6.03 Å². The number of imide groups is 1. The van der Waals surface area contributed by atoms with Crippen molar-refractivity contribution >= 4 is 23.5 Å². The number of urea groups is 1. The zero-order chi connectivity index (χ0) is 20.9. The lowest BCUT2D eigenvalue weighted by molar-refractivity contribution is -0.133. The van der Waals surface area contributed by atoms with E-state index in [4.69, 9.17) is 9.47 Å². The number of fused-ring (bicyclic) bond motifs is 2. The third-order valence-electron chi connectivity index (χ3n) is 5.82. The molecule has 8 nitrogen and oxygen atoms in total. The number of nitrogens with zero attached hydrogens (tertiary/aromatic N) is 2. The van der Waals surface area contributed by atoms with Gasteiger partial charge in [-0.3, -0.25) is 14.5 Å². The Labute approximate surface area is 173 Å². The Balaban J connectivity index is 1.31. The molecule has 3 aliphatic rings. The summed E-state index contributed by atoms with van der Waals surface area (Å²) >= 11 is 0. The van der Waals surface area contributed by atoms with Crippen molar-refractivity contribution in [3.63, 3.8) is 0 Å². The summed E-state index contributed by atoms with van der Waals surface area (Å²) in [5.41, 5.74) is 1.64. The predicted octanol–water partition coefficient (Wildman–Crippen LogP) is 1.86. The minimum absolute atomic E-state index is 0.168. The molecular formula is C22H21N3O5. The number of para-hydroxylation sites is 1. The molecule has 1 fully saturated rings. The van der Waals surface area contributed by atoms with E-state index in [1.165, 1.54) is 0 Å². The average molecular weight is 407 g/mol. The molecule has 0 unspecified atom stereocenters. The van der Waals surface area contributed by atoms with Crippen molar-refractivity contribution in [3.05, 3.63) is 53.6 Å². The maximum atomic E-state index is 13.1. The van der Waals surface area contributed by atoms with E-state index >= 15 is 0 Å². The first-order valence-corrected chi connectivity index (χ1v) is 9.85. The second-order valence-electron chi connectivity index (χ2n) is 7.94. The van der Waals surface area contributed by atoms with Crippen LogP contribution in [0, 0.1) is 0 Å². The monoisotopic (exact) mass is 407 g/mol. The SMILES string of the molecule is C[C@]1(Cc2ccc3c(c2)OCO3)NC(=O)N(CC(=O)N2CCc3ccccc32)C1=O. The molecule has 154 valence electrons. The first-order chi connectivity index (χ1) is 14.4. The summed E-state index contributed by atoms with van der Waals surface area (Å²) in [6, 6.07) is 12.6. The van der Waals surface area contributed by atoms with Crippen LogP contribution in [0.15, 0.2) is 42.5 Å². The van der Waals surface area contributed by atoms with Crippen LogP contribution in [-0.4, -0.2) is 48.2 Å². The van der Waals surface area contributed by atoms with Gasteiger partial charge in [0.25, 0.3) is 5.91 Å². The summed E-state index contributed by atoms with van der Waals surface area (Å²) in [5.74, 6) is 0.596. The maximum absolute atomic E-state index is 13.1. The van der Waals surface area contributed by atoms with Crippen LogP contribution < -0.4 is 19.7 Å². The minimum atomic E-state index is -1.13. The van der Waals surface area contributed by atoms with E-state index in [9.17, 15) is 14.4 Å². The van der Waals surface area contributed by atoms with E-state index in [0.717, 1.165) is 28.1 Å². The molecular weight excluding hydrogens is 386 g/mol. The summed E-state index contributed by atoms with van der Waals surface area (Å²) in [5, 5.41) is 2.76. The number of carbonyl (C=O) groups excluding carboxylic acids is 3. The molecule has 0 spiro atoms. The fourth-order valence-electron chi connectivity index (χ4n) is 4.29. The molecule has 3 aliphatic heterocycles. The number of amides is 4. The largest absolute Gasteiger partial charge is 0.454 e. The third-order valence-corrected chi connectivity index (χ3v) is 5.82. The van der Waals surface area contributed by atoms with Gasteiger partial charge in [0, 0.05) is 18.7 Å². The number of nitrogens with one attached hydrogen (secondary N) is 1. The van der Waals surface area contributed by atoms with Crippen LogP contribution in [0.25, 0.3) is 0 Å². The molecule has 0 radical (unpaired) electrons. The van der Waals surface area contributed by atoms with Gasteiger partial charge in [0.1, 0.15) is 12.1 Å². The molecule has 4 amide bonds. The van der Waals surface area contributed by atoms with E-state index in [1.807, 2.05) is 36.4 Å². The number of carbonyl (C=O) groups is 3. The molecule has 3 heterocycles. The highest BCUT2D eigenvalue weighted by Gasteiger charge is 2.48. The zero-order valence-electron chi connectivity index (χ0n) is 16.5. The van der Waals surface area contributed by atoms with Gasteiger partial charge in [-0.1, -0.05) is 24.3 Å². The Morgan fingerprint density at radius 2 is 1.93 bits per heavy atom. The van der Waals surface area contributed by atoms with Gasteiger partial charge in [0.05, 0.1) is 0 Å². The van der Waals surface area contributed by atoms with E-state index in [-0.39, 0.29) is 25.7 Å². The second-order valence-corrected chi connectivity index (χ2v) is 7.94. The highest BCUT2D eigenvalue weighted by Crippen LogP contribution is 2.34. The zero-order valence-corrected chi connectivity index (χ0v) is 16.5. The van der Waals surface area contributed by atoms with Crippen LogP contribution in [0.3, 0.4) is 0 Å². The number of hydrogen-bond donors (Lipinski definition) is 1. The van der Waals surface area contributed by atoms with Crippen molar-refractivity contribution in [3.8, 4) is 11.5 Å². The molecule has 0 bridgehead atoms. The molecule has 1 saturated heterocycles. The van der Waals surface area contributed by atoms with Crippen molar-refractivity contribution in [2.75, 3.05) is 24.8 Å². The van der Waals surface area contributed by atoms with Crippen molar-refractivity contribution in [2.45, 2.75) is 25.3 Å². The lowest BCUT2D eigenvalue weighted by Crippen LogP contribution is -2.47. The number of ether oxygens (including phenoxy) is 2. The molecule has 30 heavy (non-hydrogen) atoms. The first-order valence-electron chi connectivity index (χ1n) is 9.85. The van der Waals surface area contributed by atoms with Gasteiger partial charge < -0.3 is 19.7 Å². The van der Waals surface area contributed by atoms with Crippen molar-refractivity contribution in [2.24, 2.45) is 0 Å². The van der Waals surface area contributed by atoms with Gasteiger partial charge in [0.2, 0.25) is 12.7 Å². The Morgan fingerprint density at radius 1 is 1.13 bits per heavy atom. The van der Waals surface area contributed by atoms with Crippen LogP contribution in [0.4, 0.5) is 10.5 Å². The smallest absolute Gasteiger partial charge is 0.325 e. The summed E-state index contributed by atoms with van der Waals surface area (Å²) in [6.07, 6.45) is 1.05. The third kappa shape index (κ3) is 2.96. The Morgan fingerprint density at radius 3 is 2.80 bits per heavy atom. The van der Waals surface area contributed by atoms with Gasteiger partial charge in [-0.2, -0.15) is 0 Å². The highest BCUT2D eigenvalue weighted by molar-refractivity contribution is 6.10. The maximum Gasteiger partial charge on any atom is 0.325 e. The molecule has 2 aromatic carbocycles. The fourth-order valence-corrected chi connectivity index (χ4v) is 4.29. The topological polar surface area (TPSA) is 88.2 Å². The average Bonchev–Trinajstić information content (AvgIpc) is 3.41. The van der Waals surface area contributed by atoms with Gasteiger partial charge in [-0.05, 0) is 42.7 Å². The number of anilines is 1. The van der Waals surface area contributed by atoms with Crippen LogP contribution >= 0.6 is 0 Å². The summed E-state index contributed by atoms with van der Waals surface area (Å²) in [4.78, 5) is 41.2. The van der Waals surface area contributed by atoms with Crippen molar-refractivity contribution in [1.82, 2.24) is 10.2 Å². The van der Waals surface area contributed by atoms with Crippen molar-refractivity contribution in [1.29, 1.82) is 0 Å². The van der Waals surface area contributed by atoms with Gasteiger partial charge in [-0.15, -0.1) is 0 Å². The molecule has 0 saturated carbocycles. The summed E-state index contributed by atoms with van der Waals surface area (Å²) in [7, 11) is 0. The van der Waals surface area contributed by atoms with E-state index < -0.39 is 17.5 Å².